The highest BCUT2D eigenvalue weighted by molar-refractivity contribution is 9.10. The molecule has 0 radical (unpaired) electrons. The first-order chi connectivity index (χ1) is 7.18. The standard InChI is InChI=1S/C12H13BrF2/c13-9-6-4-8(5-7-9)10-2-1-3-11(10)12(14)15/h4-7,10-12H,1-3H2. The van der Waals surface area contributed by atoms with Crippen LogP contribution in [0.2, 0.25) is 0 Å². The number of rotatable bonds is 2. The molecular weight excluding hydrogens is 262 g/mol. The molecule has 2 unspecified atom stereocenters. The number of alkyl halides is 2. The van der Waals surface area contributed by atoms with Gasteiger partial charge in [-0.25, -0.2) is 8.78 Å². The molecule has 0 heterocycles. The van der Waals surface area contributed by atoms with Crippen molar-refractivity contribution in [2.75, 3.05) is 0 Å². The Kier molecular flexibility index (Phi) is 3.39. The highest BCUT2D eigenvalue weighted by Gasteiger charge is 2.34. The molecule has 0 amide bonds. The third-order valence-corrected chi connectivity index (χ3v) is 3.72. The summed E-state index contributed by atoms with van der Waals surface area (Å²) >= 11 is 3.35. The van der Waals surface area contributed by atoms with Crippen LogP contribution in [0.25, 0.3) is 0 Å². The maximum Gasteiger partial charge on any atom is 0.242 e. The van der Waals surface area contributed by atoms with E-state index in [4.69, 9.17) is 0 Å². The van der Waals surface area contributed by atoms with Crippen molar-refractivity contribution < 1.29 is 8.78 Å². The van der Waals surface area contributed by atoms with Gasteiger partial charge in [0.25, 0.3) is 0 Å². The van der Waals surface area contributed by atoms with Gasteiger partial charge in [-0.2, -0.15) is 0 Å². The smallest absolute Gasteiger partial charge is 0.210 e. The lowest BCUT2D eigenvalue weighted by molar-refractivity contribution is 0.0717. The van der Waals surface area contributed by atoms with E-state index in [1.54, 1.807) is 0 Å². The lowest BCUT2D eigenvalue weighted by Crippen LogP contribution is -2.14. The van der Waals surface area contributed by atoms with Crippen molar-refractivity contribution in [2.24, 2.45) is 5.92 Å². The van der Waals surface area contributed by atoms with Crippen molar-refractivity contribution in [3.05, 3.63) is 34.3 Å². The van der Waals surface area contributed by atoms with Gasteiger partial charge in [0, 0.05) is 10.4 Å². The summed E-state index contributed by atoms with van der Waals surface area (Å²) in [6.45, 7) is 0. The van der Waals surface area contributed by atoms with Crippen LogP contribution in [0, 0.1) is 5.92 Å². The zero-order chi connectivity index (χ0) is 10.8. The molecule has 1 fully saturated rings. The van der Waals surface area contributed by atoms with Gasteiger partial charge in [-0.05, 0) is 36.5 Å². The van der Waals surface area contributed by atoms with Gasteiger partial charge in [0.15, 0.2) is 0 Å². The Hall–Kier alpha value is -0.440. The molecule has 0 saturated heterocycles. The molecule has 1 aliphatic carbocycles. The van der Waals surface area contributed by atoms with Crippen molar-refractivity contribution in [1.82, 2.24) is 0 Å². The quantitative estimate of drug-likeness (QED) is 0.740. The maximum atomic E-state index is 12.7. The average Bonchev–Trinajstić information content (AvgIpc) is 2.67. The second-order valence-corrected chi connectivity index (χ2v) is 5.00. The van der Waals surface area contributed by atoms with Crippen LogP contribution >= 0.6 is 15.9 Å². The largest absolute Gasteiger partial charge is 0.242 e. The Morgan fingerprint density at radius 2 is 1.80 bits per heavy atom. The van der Waals surface area contributed by atoms with Gasteiger partial charge in [0.05, 0.1) is 0 Å². The molecule has 1 aromatic rings. The van der Waals surface area contributed by atoms with E-state index in [0.29, 0.717) is 6.42 Å². The van der Waals surface area contributed by atoms with E-state index in [2.05, 4.69) is 15.9 Å². The molecule has 15 heavy (non-hydrogen) atoms. The van der Waals surface area contributed by atoms with Gasteiger partial charge in [-0.1, -0.05) is 34.5 Å². The predicted molar refractivity (Wildman–Crippen MR) is 60.2 cm³/mol. The molecule has 1 aromatic carbocycles. The van der Waals surface area contributed by atoms with Crippen LogP contribution < -0.4 is 0 Å². The SMILES string of the molecule is FC(F)C1CCCC1c1ccc(Br)cc1. The highest BCUT2D eigenvalue weighted by atomic mass is 79.9. The van der Waals surface area contributed by atoms with E-state index >= 15 is 0 Å². The number of hydrogen-bond acceptors (Lipinski definition) is 0. The fraction of sp³-hybridized carbons (Fsp3) is 0.500. The molecule has 2 atom stereocenters. The Morgan fingerprint density at radius 3 is 2.40 bits per heavy atom. The number of hydrogen-bond donors (Lipinski definition) is 0. The molecule has 82 valence electrons. The Morgan fingerprint density at radius 1 is 1.13 bits per heavy atom. The normalized spacial score (nSPS) is 26.1. The van der Waals surface area contributed by atoms with Crippen LogP contribution in [-0.4, -0.2) is 6.43 Å². The van der Waals surface area contributed by atoms with Gasteiger partial charge in [-0.3, -0.25) is 0 Å². The van der Waals surface area contributed by atoms with Gasteiger partial charge in [0.2, 0.25) is 6.43 Å². The molecular formula is C12H13BrF2. The Bertz CT molecular complexity index is 321. The summed E-state index contributed by atoms with van der Waals surface area (Å²) in [6.07, 6.45) is 0.311. The zero-order valence-electron chi connectivity index (χ0n) is 8.30. The molecule has 0 aromatic heterocycles. The third kappa shape index (κ3) is 2.39. The number of halogens is 3. The van der Waals surface area contributed by atoms with Crippen molar-refractivity contribution in [3.63, 3.8) is 0 Å². The van der Waals surface area contributed by atoms with Crippen molar-refractivity contribution in [1.29, 1.82) is 0 Å². The van der Waals surface area contributed by atoms with Crippen LogP contribution in [0.3, 0.4) is 0 Å². The lowest BCUT2D eigenvalue weighted by atomic mass is 9.89. The van der Waals surface area contributed by atoms with Crippen molar-refractivity contribution in [3.8, 4) is 0 Å². The second-order valence-electron chi connectivity index (χ2n) is 4.09. The average molecular weight is 275 g/mol. The molecule has 0 aliphatic heterocycles. The fourth-order valence-electron chi connectivity index (χ4n) is 2.41. The first kappa shape index (κ1) is 11.1. The molecule has 3 heteroatoms. The molecule has 0 bridgehead atoms. The lowest BCUT2D eigenvalue weighted by Gasteiger charge is -2.19. The topological polar surface area (TPSA) is 0 Å². The van der Waals surface area contributed by atoms with Gasteiger partial charge in [0.1, 0.15) is 0 Å². The summed E-state index contributed by atoms with van der Waals surface area (Å²) < 4.78 is 26.5. The second kappa shape index (κ2) is 4.60. The Labute approximate surface area is 96.8 Å². The van der Waals surface area contributed by atoms with E-state index in [0.717, 1.165) is 22.9 Å². The van der Waals surface area contributed by atoms with E-state index in [9.17, 15) is 8.78 Å². The van der Waals surface area contributed by atoms with Crippen molar-refractivity contribution >= 4 is 15.9 Å². The van der Waals surface area contributed by atoms with Crippen LogP contribution in [0.1, 0.15) is 30.7 Å². The fourth-order valence-corrected chi connectivity index (χ4v) is 2.68. The monoisotopic (exact) mass is 274 g/mol. The maximum absolute atomic E-state index is 12.7. The van der Waals surface area contributed by atoms with Gasteiger partial charge in [-0.15, -0.1) is 0 Å². The highest BCUT2D eigenvalue weighted by Crippen LogP contribution is 2.42. The first-order valence-corrected chi connectivity index (χ1v) is 6.01. The van der Waals surface area contributed by atoms with Gasteiger partial charge >= 0.3 is 0 Å². The predicted octanol–water partition coefficient (Wildman–Crippen LogP) is 4.60. The number of benzene rings is 1. The van der Waals surface area contributed by atoms with Crippen LogP contribution in [-0.2, 0) is 0 Å². The third-order valence-electron chi connectivity index (χ3n) is 3.19. The first-order valence-electron chi connectivity index (χ1n) is 5.22. The van der Waals surface area contributed by atoms with Crippen LogP contribution in [0.5, 0.6) is 0 Å². The minimum atomic E-state index is -2.18. The van der Waals surface area contributed by atoms with E-state index in [1.165, 1.54) is 0 Å². The summed E-state index contributed by atoms with van der Waals surface area (Å²) in [4.78, 5) is 0. The zero-order valence-corrected chi connectivity index (χ0v) is 9.88. The minimum Gasteiger partial charge on any atom is -0.210 e. The molecule has 0 nitrogen and oxygen atoms in total. The molecule has 1 saturated carbocycles. The summed E-state index contributed by atoms with van der Waals surface area (Å²) in [7, 11) is 0. The Balaban J connectivity index is 2.19. The molecule has 2 rings (SSSR count). The van der Waals surface area contributed by atoms with Crippen LogP contribution in [0.15, 0.2) is 28.7 Å². The van der Waals surface area contributed by atoms with Crippen LogP contribution in [0.4, 0.5) is 8.78 Å². The summed E-state index contributed by atoms with van der Waals surface area (Å²) in [5.74, 6) is -0.385. The molecule has 1 aliphatic rings. The molecule has 0 spiro atoms. The summed E-state index contributed by atoms with van der Waals surface area (Å²) in [5, 5.41) is 0. The summed E-state index contributed by atoms with van der Waals surface area (Å²) in [5.41, 5.74) is 1.06. The molecule has 0 N–H and O–H groups in total. The van der Waals surface area contributed by atoms with E-state index < -0.39 is 12.3 Å². The van der Waals surface area contributed by atoms with Gasteiger partial charge < -0.3 is 0 Å². The van der Waals surface area contributed by atoms with Crippen molar-refractivity contribution in [2.45, 2.75) is 31.6 Å². The summed E-state index contributed by atoms with van der Waals surface area (Å²) in [6, 6.07) is 7.76. The van der Waals surface area contributed by atoms with E-state index in [1.807, 2.05) is 24.3 Å². The van der Waals surface area contributed by atoms with E-state index in [-0.39, 0.29) is 5.92 Å². The minimum absolute atomic E-state index is 0.0538.